The Bertz CT molecular complexity index is 1220. The Morgan fingerprint density at radius 3 is 2.35 bits per heavy atom. The fourth-order valence-electron chi connectivity index (χ4n) is 3.76. The number of non-ortho nitro benzene ring substituents is 1. The minimum absolute atomic E-state index is 0.155. The van der Waals surface area contributed by atoms with Gasteiger partial charge in [-0.2, -0.15) is 0 Å². The number of morpholine rings is 1. The number of benzene rings is 3. The summed E-state index contributed by atoms with van der Waals surface area (Å²) in [4.78, 5) is 38.4. The summed E-state index contributed by atoms with van der Waals surface area (Å²) in [7, 11) is 0. The molecule has 174 valence electrons. The van der Waals surface area contributed by atoms with Crippen molar-refractivity contribution in [3.63, 3.8) is 0 Å². The van der Waals surface area contributed by atoms with Crippen molar-refractivity contribution in [3.8, 4) is 0 Å². The number of nitrogens with one attached hydrogen (secondary N) is 2. The molecule has 4 rings (SSSR count). The lowest BCUT2D eigenvalue weighted by atomic mass is 10.1. The van der Waals surface area contributed by atoms with Crippen LogP contribution >= 0.6 is 0 Å². The molecule has 3 aromatic carbocycles. The van der Waals surface area contributed by atoms with Crippen LogP contribution in [0.25, 0.3) is 0 Å². The van der Waals surface area contributed by atoms with Crippen LogP contribution in [0.5, 0.6) is 0 Å². The van der Waals surface area contributed by atoms with Gasteiger partial charge in [-0.3, -0.25) is 19.7 Å². The third kappa shape index (κ3) is 5.21. The fraction of sp³-hybridized carbons (Fsp3) is 0.200. The lowest BCUT2D eigenvalue weighted by Gasteiger charge is -2.30. The summed E-state index contributed by atoms with van der Waals surface area (Å²) in [6.45, 7) is 4.05. The van der Waals surface area contributed by atoms with Crippen LogP contribution in [0.2, 0.25) is 0 Å². The van der Waals surface area contributed by atoms with Crippen molar-refractivity contribution in [2.75, 3.05) is 41.8 Å². The van der Waals surface area contributed by atoms with E-state index in [0.29, 0.717) is 48.9 Å². The average molecular weight is 460 g/mol. The van der Waals surface area contributed by atoms with Gasteiger partial charge in [-0.25, -0.2) is 0 Å². The van der Waals surface area contributed by atoms with Crippen LogP contribution in [-0.4, -0.2) is 43.0 Å². The first-order chi connectivity index (χ1) is 16.4. The summed E-state index contributed by atoms with van der Waals surface area (Å²) in [5.74, 6) is -0.683. The van der Waals surface area contributed by atoms with Gasteiger partial charge in [0.25, 0.3) is 17.5 Å². The van der Waals surface area contributed by atoms with Crippen LogP contribution in [-0.2, 0) is 4.74 Å². The van der Waals surface area contributed by atoms with Gasteiger partial charge in [0, 0.05) is 42.2 Å². The number of hydrogen-bond acceptors (Lipinski definition) is 6. The molecule has 1 aliphatic rings. The van der Waals surface area contributed by atoms with Gasteiger partial charge in [0.2, 0.25) is 0 Å². The molecule has 0 aromatic heterocycles. The molecule has 1 saturated heterocycles. The van der Waals surface area contributed by atoms with Gasteiger partial charge in [0.05, 0.1) is 29.4 Å². The SMILES string of the molecule is Cc1cc(NC(=O)c2cc([N+](=O)[O-])ccc2N2CCOCC2)ccc1NC(=O)c1ccccc1. The Balaban J connectivity index is 1.54. The van der Waals surface area contributed by atoms with E-state index in [1.807, 2.05) is 17.9 Å². The molecule has 0 radical (unpaired) electrons. The number of nitro benzene ring substituents is 1. The van der Waals surface area contributed by atoms with Crippen LogP contribution in [0.15, 0.2) is 66.7 Å². The Morgan fingerprint density at radius 2 is 1.68 bits per heavy atom. The summed E-state index contributed by atoms with van der Waals surface area (Å²) in [6, 6.07) is 18.3. The van der Waals surface area contributed by atoms with Crippen molar-refractivity contribution in [2.45, 2.75) is 6.92 Å². The van der Waals surface area contributed by atoms with E-state index in [-0.39, 0.29) is 17.2 Å². The zero-order chi connectivity index (χ0) is 24.1. The number of nitrogens with zero attached hydrogens (tertiary/aromatic N) is 2. The van der Waals surface area contributed by atoms with Crippen LogP contribution < -0.4 is 15.5 Å². The molecular formula is C25H24N4O5. The van der Waals surface area contributed by atoms with E-state index in [0.717, 1.165) is 5.56 Å². The molecule has 0 atom stereocenters. The second kappa shape index (κ2) is 10.1. The number of aryl methyl sites for hydroxylation is 1. The lowest BCUT2D eigenvalue weighted by molar-refractivity contribution is -0.384. The van der Waals surface area contributed by atoms with Crippen LogP contribution in [0.3, 0.4) is 0 Å². The monoisotopic (exact) mass is 460 g/mol. The number of carbonyl (C=O) groups is 2. The van der Waals surface area contributed by atoms with Crippen molar-refractivity contribution < 1.29 is 19.2 Å². The zero-order valence-electron chi connectivity index (χ0n) is 18.6. The molecule has 0 spiro atoms. The standard InChI is InChI=1S/C25H24N4O5/c1-17-15-19(7-9-22(17)27-24(30)18-5-3-2-4-6-18)26-25(31)21-16-20(29(32)33)8-10-23(21)28-11-13-34-14-12-28/h2-10,15-16H,11-14H2,1H3,(H,26,31)(H,27,30). The van der Waals surface area contributed by atoms with Gasteiger partial charge in [0.1, 0.15) is 0 Å². The smallest absolute Gasteiger partial charge is 0.270 e. The molecule has 0 unspecified atom stereocenters. The predicted octanol–water partition coefficient (Wildman–Crippen LogP) is 4.24. The largest absolute Gasteiger partial charge is 0.378 e. The molecule has 9 nitrogen and oxygen atoms in total. The number of carbonyl (C=O) groups excluding carboxylic acids is 2. The summed E-state index contributed by atoms with van der Waals surface area (Å²) >= 11 is 0. The maximum absolute atomic E-state index is 13.2. The summed E-state index contributed by atoms with van der Waals surface area (Å²) in [5, 5.41) is 17.0. The van der Waals surface area contributed by atoms with Gasteiger partial charge >= 0.3 is 0 Å². The van der Waals surface area contributed by atoms with Crippen LogP contribution in [0, 0.1) is 17.0 Å². The third-order valence-corrected chi connectivity index (χ3v) is 5.56. The second-order valence-corrected chi connectivity index (χ2v) is 7.86. The molecule has 3 aromatic rings. The zero-order valence-corrected chi connectivity index (χ0v) is 18.6. The van der Waals surface area contributed by atoms with E-state index in [2.05, 4.69) is 10.6 Å². The average Bonchev–Trinajstić information content (AvgIpc) is 2.86. The van der Waals surface area contributed by atoms with E-state index in [1.165, 1.54) is 12.1 Å². The molecule has 34 heavy (non-hydrogen) atoms. The minimum atomic E-state index is -0.520. The van der Waals surface area contributed by atoms with Crippen molar-refractivity contribution in [1.82, 2.24) is 0 Å². The highest BCUT2D eigenvalue weighted by Crippen LogP contribution is 2.28. The molecule has 2 N–H and O–H groups in total. The molecule has 2 amide bonds. The van der Waals surface area contributed by atoms with Gasteiger partial charge in [-0.05, 0) is 48.9 Å². The molecule has 0 saturated carbocycles. The minimum Gasteiger partial charge on any atom is -0.378 e. The number of ether oxygens (including phenoxy) is 1. The Hall–Kier alpha value is -4.24. The molecule has 0 aliphatic carbocycles. The van der Waals surface area contributed by atoms with E-state index in [1.54, 1.807) is 48.5 Å². The Labute approximate surface area is 196 Å². The van der Waals surface area contributed by atoms with E-state index in [9.17, 15) is 19.7 Å². The third-order valence-electron chi connectivity index (χ3n) is 5.56. The Morgan fingerprint density at radius 1 is 0.941 bits per heavy atom. The van der Waals surface area contributed by atoms with E-state index >= 15 is 0 Å². The summed E-state index contributed by atoms with van der Waals surface area (Å²) < 4.78 is 5.38. The van der Waals surface area contributed by atoms with E-state index < -0.39 is 10.8 Å². The number of anilines is 3. The maximum atomic E-state index is 13.2. The molecule has 9 heteroatoms. The van der Waals surface area contributed by atoms with Gasteiger partial charge in [-0.1, -0.05) is 18.2 Å². The molecule has 1 fully saturated rings. The number of amides is 2. The maximum Gasteiger partial charge on any atom is 0.270 e. The predicted molar refractivity (Wildman–Crippen MR) is 130 cm³/mol. The highest BCUT2D eigenvalue weighted by molar-refractivity contribution is 6.09. The van der Waals surface area contributed by atoms with Crippen molar-refractivity contribution >= 4 is 34.6 Å². The van der Waals surface area contributed by atoms with Crippen molar-refractivity contribution in [1.29, 1.82) is 0 Å². The number of rotatable bonds is 6. The highest BCUT2D eigenvalue weighted by Gasteiger charge is 2.22. The first-order valence-electron chi connectivity index (χ1n) is 10.8. The topological polar surface area (TPSA) is 114 Å². The first-order valence-corrected chi connectivity index (χ1v) is 10.8. The van der Waals surface area contributed by atoms with E-state index in [4.69, 9.17) is 4.74 Å². The van der Waals surface area contributed by atoms with Gasteiger partial charge in [0.15, 0.2) is 0 Å². The Kier molecular flexibility index (Phi) is 6.84. The number of nitro groups is 1. The van der Waals surface area contributed by atoms with Crippen molar-refractivity contribution in [2.24, 2.45) is 0 Å². The van der Waals surface area contributed by atoms with Crippen LogP contribution in [0.1, 0.15) is 26.3 Å². The normalized spacial score (nSPS) is 13.3. The van der Waals surface area contributed by atoms with Gasteiger partial charge < -0.3 is 20.3 Å². The molecule has 1 heterocycles. The summed E-state index contributed by atoms with van der Waals surface area (Å²) in [5.41, 5.74) is 3.12. The molecule has 0 bridgehead atoms. The van der Waals surface area contributed by atoms with Crippen molar-refractivity contribution in [3.05, 3.63) is 93.5 Å². The lowest BCUT2D eigenvalue weighted by Crippen LogP contribution is -2.37. The summed E-state index contributed by atoms with van der Waals surface area (Å²) in [6.07, 6.45) is 0. The van der Waals surface area contributed by atoms with Gasteiger partial charge in [-0.15, -0.1) is 0 Å². The molecule has 1 aliphatic heterocycles. The first kappa shape index (κ1) is 22.9. The second-order valence-electron chi connectivity index (χ2n) is 7.86. The quantitative estimate of drug-likeness (QED) is 0.420. The van der Waals surface area contributed by atoms with Crippen LogP contribution in [0.4, 0.5) is 22.7 Å². The molecular weight excluding hydrogens is 436 g/mol. The number of hydrogen-bond donors (Lipinski definition) is 2. The highest BCUT2D eigenvalue weighted by atomic mass is 16.6. The fourth-order valence-corrected chi connectivity index (χ4v) is 3.76.